The summed E-state index contributed by atoms with van der Waals surface area (Å²) in [6.45, 7) is 1.09. The fraction of sp³-hybridized carbons (Fsp3) is 0.571. The lowest BCUT2D eigenvalue weighted by Crippen LogP contribution is -2.20. The van der Waals surface area contributed by atoms with Crippen molar-refractivity contribution in [2.45, 2.75) is 25.7 Å². The Hall–Kier alpha value is -0.700. The summed E-state index contributed by atoms with van der Waals surface area (Å²) in [6.07, 6.45) is 5.82. The van der Waals surface area contributed by atoms with Crippen molar-refractivity contribution in [3.63, 3.8) is 0 Å². The number of fused-ring (bicyclic) bond motifs is 2. The molecule has 2 aliphatic rings. The van der Waals surface area contributed by atoms with Crippen LogP contribution in [0.4, 0.5) is 11.4 Å². The number of hydrogen-bond donors (Lipinski definition) is 2. The van der Waals surface area contributed by atoms with Gasteiger partial charge in [-0.05, 0) is 55.2 Å². The van der Waals surface area contributed by atoms with Crippen LogP contribution in [-0.2, 0) is 0 Å². The Labute approximate surface area is 111 Å². The van der Waals surface area contributed by atoms with Gasteiger partial charge in [-0.1, -0.05) is 22.4 Å². The van der Waals surface area contributed by atoms with Crippen LogP contribution in [0, 0.1) is 17.8 Å². The van der Waals surface area contributed by atoms with Gasteiger partial charge in [0.1, 0.15) is 0 Å². The molecule has 0 aliphatic heterocycles. The Morgan fingerprint density at radius 1 is 1.29 bits per heavy atom. The van der Waals surface area contributed by atoms with Gasteiger partial charge in [0.05, 0.1) is 11.4 Å². The van der Waals surface area contributed by atoms with Crippen LogP contribution < -0.4 is 11.1 Å². The van der Waals surface area contributed by atoms with Crippen LogP contribution in [0.5, 0.6) is 0 Å². The van der Waals surface area contributed by atoms with Crippen LogP contribution in [0.2, 0.25) is 0 Å². The normalized spacial score (nSPS) is 30.8. The molecule has 0 saturated heterocycles. The largest absolute Gasteiger partial charge is 0.397 e. The first kappa shape index (κ1) is 11.4. The number of hydrogen-bond acceptors (Lipinski definition) is 2. The van der Waals surface area contributed by atoms with Gasteiger partial charge in [0, 0.05) is 11.0 Å². The van der Waals surface area contributed by atoms with Crippen LogP contribution >= 0.6 is 15.9 Å². The van der Waals surface area contributed by atoms with E-state index in [0.29, 0.717) is 0 Å². The molecule has 0 heterocycles. The summed E-state index contributed by atoms with van der Waals surface area (Å²) < 4.78 is 1.09. The molecule has 17 heavy (non-hydrogen) atoms. The van der Waals surface area contributed by atoms with Crippen molar-refractivity contribution >= 4 is 27.3 Å². The number of rotatable bonds is 3. The molecular weight excluding hydrogens is 276 g/mol. The van der Waals surface area contributed by atoms with Crippen molar-refractivity contribution in [2.75, 3.05) is 17.6 Å². The summed E-state index contributed by atoms with van der Waals surface area (Å²) in [5, 5.41) is 3.53. The molecule has 2 fully saturated rings. The predicted molar refractivity (Wildman–Crippen MR) is 76.0 cm³/mol. The Morgan fingerprint density at radius 3 is 2.88 bits per heavy atom. The molecule has 1 aromatic rings. The van der Waals surface area contributed by atoms with Gasteiger partial charge in [-0.15, -0.1) is 0 Å². The predicted octanol–water partition coefficient (Wildman–Crippen LogP) is 3.88. The van der Waals surface area contributed by atoms with E-state index in [1.54, 1.807) is 0 Å². The highest BCUT2D eigenvalue weighted by Crippen LogP contribution is 2.48. The first-order valence-corrected chi connectivity index (χ1v) is 7.30. The lowest BCUT2D eigenvalue weighted by molar-refractivity contribution is 0.348. The van der Waals surface area contributed by atoms with Gasteiger partial charge in [0.2, 0.25) is 0 Å². The summed E-state index contributed by atoms with van der Waals surface area (Å²) >= 11 is 3.49. The van der Waals surface area contributed by atoms with E-state index >= 15 is 0 Å². The number of nitrogens with two attached hydrogens (primary N) is 1. The van der Waals surface area contributed by atoms with E-state index in [1.165, 1.54) is 25.7 Å². The molecule has 2 nitrogen and oxygen atoms in total. The molecule has 2 aliphatic carbocycles. The molecule has 2 saturated carbocycles. The average molecular weight is 295 g/mol. The minimum Gasteiger partial charge on any atom is -0.397 e. The molecule has 3 heteroatoms. The quantitative estimate of drug-likeness (QED) is 0.830. The van der Waals surface area contributed by atoms with Crippen molar-refractivity contribution in [2.24, 2.45) is 17.8 Å². The van der Waals surface area contributed by atoms with Gasteiger partial charge < -0.3 is 11.1 Å². The van der Waals surface area contributed by atoms with Gasteiger partial charge >= 0.3 is 0 Å². The van der Waals surface area contributed by atoms with Gasteiger partial charge in [-0.3, -0.25) is 0 Å². The second-order valence-electron chi connectivity index (χ2n) is 5.55. The molecule has 3 N–H and O–H groups in total. The Balaban J connectivity index is 1.62. The van der Waals surface area contributed by atoms with E-state index in [4.69, 9.17) is 5.73 Å². The Morgan fingerprint density at radius 2 is 2.18 bits per heavy atom. The fourth-order valence-corrected chi connectivity index (χ4v) is 3.91. The molecule has 2 bridgehead atoms. The fourth-order valence-electron chi connectivity index (χ4n) is 3.55. The topological polar surface area (TPSA) is 38.0 Å². The third-order valence-corrected chi connectivity index (χ3v) is 4.95. The third-order valence-electron chi connectivity index (χ3n) is 4.45. The van der Waals surface area contributed by atoms with E-state index in [9.17, 15) is 0 Å². The van der Waals surface area contributed by atoms with Crippen molar-refractivity contribution in [3.05, 3.63) is 22.7 Å². The molecule has 3 atom stereocenters. The molecule has 3 rings (SSSR count). The molecular formula is C14H19BrN2. The maximum atomic E-state index is 5.97. The molecule has 0 aromatic heterocycles. The van der Waals surface area contributed by atoms with Crippen LogP contribution in [0.15, 0.2) is 22.7 Å². The van der Waals surface area contributed by atoms with Crippen LogP contribution in [0.3, 0.4) is 0 Å². The molecule has 92 valence electrons. The summed E-state index contributed by atoms with van der Waals surface area (Å²) in [4.78, 5) is 0. The summed E-state index contributed by atoms with van der Waals surface area (Å²) in [6, 6.07) is 6.01. The highest BCUT2D eigenvalue weighted by molar-refractivity contribution is 9.10. The first-order chi connectivity index (χ1) is 8.22. The monoisotopic (exact) mass is 294 g/mol. The number of nitrogen functional groups attached to an aromatic ring is 1. The van der Waals surface area contributed by atoms with Crippen molar-refractivity contribution in [1.29, 1.82) is 0 Å². The molecule has 3 unspecified atom stereocenters. The van der Waals surface area contributed by atoms with Crippen LogP contribution in [0.1, 0.15) is 25.7 Å². The maximum absolute atomic E-state index is 5.97. The molecule has 1 aromatic carbocycles. The van der Waals surface area contributed by atoms with E-state index in [1.807, 2.05) is 12.1 Å². The van der Waals surface area contributed by atoms with Gasteiger partial charge in [-0.25, -0.2) is 0 Å². The maximum Gasteiger partial charge on any atom is 0.0585 e. The van der Waals surface area contributed by atoms with Crippen molar-refractivity contribution < 1.29 is 0 Å². The van der Waals surface area contributed by atoms with Gasteiger partial charge in [-0.2, -0.15) is 0 Å². The zero-order valence-corrected chi connectivity index (χ0v) is 11.5. The second kappa shape index (κ2) is 4.52. The highest BCUT2D eigenvalue weighted by Gasteiger charge is 2.39. The highest BCUT2D eigenvalue weighted by atomic mass is 79.9. The zero-order valence-electron chi connectivity index (χ0n) is 9.95. The van der Waals surface area contributed by atoms with Crippen molar-refractivity contribution in [3.8, 4) is 0 Å². The smallest absolute Gasteiger partial charge is 0.0585 e. The lowest BCUT2D eigenvalue weighted by atomic mass is 9.89. The van der Waals surface area contributed by atoms with Crippen LogP contribution in [-0.4, -0.2) is 6.54 Å². The number of nitrogens with one attached hydrogen (secondary N) is 1. The molecule has 0 amide bonds. The van der Waals surface area contributed by atoms with Crippen molar-refractivity contribution in [1.82, 2.24) is 0 Å². The van der Waals surface area contributed by atoms with E-state index in [-0.39, 0.29) is 0 Å². The molecule has 0 radical (unpaired) electrons. The van der Waals surface area contributed by atoms with Gasteiger partial charge in [0.25, 0.3) is 0 Å². The summed E-state index contributed by atoms with van der Waals surface area (Å²) in [5.41, 5.74) is 7.88. The van der Waals surface area contributed by atoms with Crippen LogP contribution in [0.25, 0.3) is 0 Å². The SMILES string of the molecule is Nc1ccc(Br)cc1NCC1CC2CCC1C2. The minimum atomic E-state index is 0.844. The number of halogens is 1. The summed E-state index contributed by atoms with van der Waals surface area (Å²) in [5.74, 6) is 2.86. The Kier molecular flexibility index (Phi) is 3.03. The standard InChI is InChI=1S/C14H19BrN2/c15-12-3-4-13(16)14(7-12)17-8-11-6-9-1-2-10(11)5-9/h3-4,7,9-11,17H,1-2,5-6,8,16H2. The molecule has 0 spiro atoms. The summed E-state index contributed by atoms with van der Waals surface area (Å²) in [7, 11) is 0. The first-order valence-electron chi connectivity index (χ1n) is 6.51. The van der Waals surface area contributed by atoms with E-state index in [2.05, 4.69) is 27.3 Å². The second-order valence-corrected chi connectivity index (χ2v) is 6.46. The van der Waals surface area contributed by atoms with E-state index < -0.39 is 0 Å². The third kappa shape index (κ3) is 2.30. The average Bonchev–Trinajstić information content (AvgIpc) is 2.92. The number of anilines is 2. The lowest BCUT2D eigenvalue weighted by Gasteiger charge is -2.22. The minimum absolute atomic E-state index is 0.844. The van der Waals surface area contributed by atoms with E-state index in [0.717, 1.165) is 40.1 Å². The zero-order chi connectivity index (χ0) is 11.8. The Bertz CT molecular complexity index is 419. The van der Waals surface area contributed by atoms with Gasteiger partial charge in [0.15, 0.2) is 0 Å². The number of benzene rings is 1.